The molecule has 0 aliphatic carbocycles. The van der Waals surface area contributed by atoms with Crippen molar-refractivity contribution in [3.8, 4) is 0 Å². The highest BCUT2D eigenvalue weighted by atomic mass is 35.5. The fourth-order valence-electron chi connectivity index (χ4n) is 2.98. The monoisotopic (exact) mass is 323 g/mol. The van der Waals surface area contributed by atoms with E-state index in [0.29, 0.717) is 22.9 Å². The first-order chi connectivity index (χ1) is 10.7. The van der Waals surface area contributed by atoms with Gasteiger partial charge in [-0.2, -0.15) is 0 Å². The van der Waals surface area contributed by atoms with Gasteiger partial charge in [-0.15, -0.1) is 0 Å². The van der Waals surface area contributed by atoms with Crippen LogP contribution in [-0.2, 0) is 4.74 Å². The Labute approximate surface area is 136 Å². The number of ether oxygens (including phenoxy) is 1. The van der Waals surface area contributed by atoms with Crippen LogP contribution in [0.2, 0.25) is 5.02 Å². The van der Waals surface area contributed by atoms with E-state index in [1.54, 1.807) is 12.3 Å². The summed E-state index contributed by atoms with van der Waals surface area (Å²) in [6, 6.07) is 1.71. The standard InChI is InChI=1S/C16H22ClN3O2/c17-14-9-12(16(21)20-6-2-1-3-7-20)10-18-15(14)19-11-13-5-4-8-22-13/h9-10,13H,1-8,11H2,(H,18,19)/t13-/m0/s1. The first-order valence-electron chi connectivity index (χ1n) is 8.04. The average molecular weight is 324 g/mol. The summed E-state index contributed by atoms with van der Waals surface area (Å²) in [7, 11) is 0. The maximum Gasteiger partial charge on any atom is 0.255 e. The molecule has 2 saturated heterocycles. The number of carbonyl (C=O) groups excluding carboxylic acids is 1. The summed E-state index contributed by atoms with van der Waals surface area (Å²) in [4.78, 5) is 18.6. The van der Waals surface area contributed by atoms with Crippen LogP contribution in [0.5, 0.6) is 0 Å². The Morgan fingerprint density at radius 1 is 1.36 bits per heavy atom. The molecule has 0 spiro atoms. The van der Waals surface area contributed by atoms with Gasteiger partial charge in [0.05, 0.1) is 16.7 Å². The van der Waals surface area contributed by atoms with Crippen LogP contribution >= 0.6 is 11.6 Å². The predicted octanol–water partition coefficient (Wildman–Crippen LogP) is 2.95. The number of piperidine rings is 1. The molecule has 1 aromatic heterocycles. The fraction of sp³-hybridized carbons (Fsp3) is 0.625. The van der Waals surface area contributed by atoms with Crippen molar-refractivity contribution in [2.75, 3.05) is 31.6 Å². The van der Waals surface area contributed by atoms with Gasteiger partial charge in [-0.25, -0.2) is 4.98 Å². The predicted molar refractivity (Wildman–Crippen MR) is 86.5 cm³/mol. The number of nitrogens with one attached hydrogen (secondary N) is 1. The minimum atomic E-state index is 0.0276. The van der Waals surface area contributed by atoms with E-state index >= 15 is 0 Å². The van der Waals surface area contributed by atoms with Gasteiger partial charge in [0.25, 0.3) is 5.91 Å². The largest absolute Gasteiger partial charge is 0.376 e. The summed E-state index contributed by atoms with van der Waals surface area (Å²) < 4.78 is 5.56. The van der Waals surface area contributed by atoms with Crippen LogP contribution in [-0.4, -0.2) is 48.1 Å². The minimum Gasteiger partial charge on any atom is -0.376 e. The number of nitrogens with zero attached hydrogens (tertiary/aromatic N) is 2. The third-order valence-corrected chi connectivity index (χ3v) is 4.54. The molecule has 1 aromatic rings. The van der Waals surface area contributed by atoms with Crippen molar-refractivity contribution >= 4 is 23.3 Å². The summed E-state index contributed by atoms with van der Waals surface area (Å²) in [5.74, 6) is 0.645. The average Bonchev–Trinajstić information content (AvgIpc) is 3.07. The molecule has 0 radical (unpaired) electrons. The Balaban J connectivity index is 1.61. The third-order valence-electron chi connectivity index (χ3n) is 4.25. The Hall–Kier alpha value is -1.33. The second-order valence-electron chi connectivity index (χ2n) is 5.92. The van der Waals surface area contributed by atoms with E-state index in [4.69, 9.17) is 16.3 Å². The Bertz CT molecular complexity index is 526. The van der Waals surface area contributed by atoms with Gasteiger partial charge in [0.1, 0.15) is 5.82 Å². The van der Waals surface area contributed by atoms with Gasteiger partial charge < -0.3 is 15.0 Å². The number of carbonyl (C=O) groups is 1. The molecule has 120 valence electrons. The first-order valence-corrected chi connectivity index (χ1v) is 8.42. The Morgan fingerprint density at radius 3 is 2.86 bits per heavy atom. The van der Waals surface area contributed by atoms with E-state index in [1.807, 2.05) is 4.90 Å². The molecule has 3 heterocycles. The fourth-order valence-corrected chi connectivity index (χ4v) is 3.21. The van der Waals surface area contributed by atoms with Gasteiger partial charge in [-0.1, -0.05) is 11.6 Å². The van der Waals surface area contributed by atoms with E-state index in [-0.39, 0.29) is 12.0 Å². The van der Waals surface area contributed by atoms with Crippen molar-refractivity contribution in [3.63, 3.8) is 0 Å². The highest BCUT2D eigenvalue weighted by Crippen LogP contribution is 2.23. The quantitative estimate of drug-likeness (QED) is 0.925. The molecule has 0 bridgehead atoms. The van der Waals surface area contributed by atoms with Crippen LogP contribution in [0.4, 0.5) is 5.82 Å². The van der Waals surface area contributed by atoms with Crippen LogP contribution in [0.3, 0.4) is 0 Å². The van der Waals surface area contributed by atoms with Crippen molar-refractivity contribution in [2.24, 2.45) is 0 Å². The van der Waals surface area contributed by atoms with Crippen molar-refractivity contribution in [2.45, 2.75) is 38.2 Å². The third kappa shape index (κ3) is 3.70. The Kier molecular flexibility index (Phi) is 5.16. The number of aromatic nitrogens is 1. The zero-order chi connectivity index (χ0) is 15.4. The molecular weight excluding hydrogens is 302 g/mol. The van der Waals surface area contributed by atoms with E-state index in [0.717, 1.165) is 45.4 Å². The Morgan fingerprint density at radius 2 is 2.18 bits per heavy atom. The topological polar surface area (TPSA) is 54.5 Å². The second kappa shape index (κ2) is 7.29. The van der Waals surface area contributed by atoms with Gasteiger partial charge in [-0.05, 0) is 38.2 Å². The zero-order valence-electron chi connectivity index (χ0n) is 12.7. The van der Waals surface area contributed by atoms with Crippen molar-refractivity contribution < 1.29 is 9.53 Å². The zero-order valence-corrected chi connectivity index (χ0v) is 13.4. The molecule has 1 N–H and O–H groups in total. The molecule has 5 nitrogen and oxygen atoms in total. The van der Waals surface area contributed by atoms with Crippen molar-refractivity contribution in [3.05, 3.63) is 22.8 Å². The van der Waals surface area contributed by atoms with Crippen LogP contribution in [0.1, 0.15) is 42.5 Å². The van der Waals surface area contributed by atoms with Crippen LogP contribution in [0, 0.1) is 0 Å². The molecule has 1 amide bonds. The van der Waals surface area contributed by atoms with Gasteiger partial charge in [0.2, 0.25) is 0 Å². The first kappa shape index (κ1) is 15.6. The molecule has 0 saturated carbocycles. The second-order valence-corrected chi connectivity index (χ2v) is 6.33. The highest BCUT2D eigenvalue weighted by molar-refractivity contribution is 6.33. The molecule has 6 heteroatoms. The summed E-state index contributed by atoms with van der Waals surface area (Å²) in [6.45, 7) is 3.19. The van der Waals surface area contributed by atoms with Gasteiger partial charge >= 0.3 is 0 Å². The summed E-state index contributed by atoms with van der Waals surface area (Å²) >= 11 is 6.26. The van der Waals surface area contributed by atoms with Crippen LogP contribution in [0.25, 0.3) is 0 Å². The normalized spacial score (nSPS) is 21.9. The molecule has 2 aliphatic rings. The van der Waals surface area contributed by atoms with Crippen molar-refractivity contribution in [1.82, 2.24) is 9.88 Å². The molecule has 2 aliphatic heterocycles. The molecule has 0 unspecified atom stereocenters. The maximum atomic E-state index is 12.4. The molecule has 1 atom stereocenters. The maximum absolute atomic E-state index is 12.4. The molecule has 3 rings (SSSR count). The van der Waals surface area contributed by atoms with Gasteiger partial charge in [-0.3, -0.25) is 4.79 Å². The van der Waals surface area contributed by atoms with Crippen molar-refractivity contribution in [1.29, 1.82) is 0 Å². The lowest BCUT2D eigenvalue weighted by atomic mass is 10.1. The number of likely N-dealkylation sites (tertiary alicyclic amines) is 1. The number of anilines is 1. The lowest BCUT2D eigenvalue weighted by Gasteiger charge is -2.26. The minimum absolute atomic E-state index is 0.0276. The highest BCUT2D eigenvalue weighted by Gasteiger charge is 2.20. The SMILES string of the molecule is O=C(c1cnc(NC[C@@H]2CCCO2)c(Cl)c1)N1CCCCC1. The molecule has 0 aromatic carbocycles. The summed E-state index contributed by atoms with van der Waals surface area (Å²) in [5, 5.41) is 3.69. The lowest BCUT2D eigenvalue weighted by Crippen LogP contribution is -2.35. The van der Waals surface area contributed by atoms with Gasteiger partial charge in [0.15, 0.2) is 0 Å². The number of rotatable bonds is 4. The summed E-state index contributed by atoms with van der Waals surface area (Å²) in [5.41, 5.74) is 0.564. The molecular formula is C16H22ClN3O2. The number of pyridine rings is 1. The van der Waals surface area contributed by atoms with E-state index < -0.39 is 0 Å². The van der Waals surface area contributed by atoms with E-state index in [9.17, 15) is 4.79 Å². The van der Waals surface area contributed by atoms with Crippen LogP contribution in [0.15, 0.2) is 12.3 Å². The number of hydrogen-bond donors (Lipinski definition) is 1. The van der Waals surface area contributed by atoms with E-state index in [2.05, 4.69) is 10.3 Å². The van der Waals surface area contributed by atoms with E-state index in [1.165, 1.54) is 6.42 Å². The number of halogens is 1. The lowest BCUT2D eigenvalue weighted by molar-refractivity contribution is 0.0724. The van der Waals surface area contributed by atoms with Crippen LogP contribution < -0.4 is 5.32 Å². The number of amides is 1. The number of hydrogen-bond acceptors (Lipinski definition) is 4. The molecule has 22 heavy (non-hydrogen) atoms. The smallest absolute Gasteiger partial charge is 0.255 e. The molecule has 2 fully saturated rings. The summed E-state index contributed by atoms with van der Waals surface area (Å²) in [6.07, 6.45) is 7.37. The van der Waals surface area contributed by atoms with Gasteiger partial charge in [0, 0.05) is 32.4 Å².